The molecular formula is C76H60N4OPt. The summed E-state index contributed by atoms with van der Waals surface area (Å²) < 4.78 is 15.3. The Morgan fingerprint density at radius 2 is 0.951 bits per heavy atom. The second-order valence-corrected chi connectivity index (χ2v) is 25.4. The van der Waals surface area contributed by atoms with Gasteiger partial charge in [-0.3, -0.25) is 0 Å². The van der Waals surface area contributed by atoms with Gasteiger partial charge in [0.2, 0.25) is 0 Å². The average Bonchev–Trinajstić information content (AvgIpc) is 1.60. The topological polar surface area (TPSA) is 36.9 Å². The van der Waals surface area contributed by atoms with E-state index < -0.39 is 5.41 Å². The summed E-state index contributed by atoms with van der Waals surface area (Å²) in [5.41, 5.74) is 24.8. The van der Waals surface area contributed by atoms with E-state index in [4.69, 9.17) is 9.72 Å². The summed E-state index contributed by atoms with van der Waals surface area (Å²) in [7, 11) is 0. The first-order valence-corrected chi connectivity index (χ1v) is 29.6. The van der Waals surface area contributed by atoms with Gasteiger partial charge in [-0.25, -0.2) is 0 Å². The molecule has 15 rings (SSSR count). The molecule has 0 fully saturated rings. The second-order valence-electron chi connectivity index (χ2n) is 24.4. The summed E-state index contributed by atoms with van der Waals surface area (Å²) in [5, 5.41) is 2.31. The fourth-order valence-corrected chi connectivity index (χ4v) is 14.5. The fraction of sp³-hybridized carbons (Fsp3) is 0.132. The molecule has 0 saturated heterocycles. The third-order valence-corrected chi connectivity index (χ3v) is 18.3. The molecule has 5 nitrogen and oxygen atoms in total. The number of benzene rings is 10. The van der Waals surface area contributed by atoms with Crippen molar-refractivity contribution in [3.8, 4) is 73.2 Å². The average molecular weight is 1240 g/mol. The van der Waals surface area contributed by atoms with Crippen molar-refractivity contribution in [2.45, 2.75) is 64.7 Å². The van der Waals surface area contributed by atoms with Gasteiger partial charge in [-0.15, -0.1) is 0 Å². The smallest absolute Gasteiger partial charge is 0.0619 e. The number of rotatable bonds is 7. The Labute approximate surface area is 489 Å². The van der Waals surface area contributed by atoms with E-state index in [1.54, 1.807) is 0 Å². The van der Waals surface area contributed by atoms with Crippen molar-refractivity contribution in [1.29, 1.82) is 0 Å². The molecule has 10 aromatic carbocycles. The van der Waals surface area contributed by atoms with Crippen LogP contribution in [-0.2, 0) is 35.6 Å². The summed E-state index contributed by atoms with van der Waals surface area (Å²) >= 11 is 2.55. The zero-order valence-corrected chi connectivity index (χ0v) is 49.3. The van der Waals surface area contributed by atoms with Crippen molar-refractivity contribution in [2.24, 2.45) is 0 Å². The molecule has 3 aromatic heterocycles. The van der Waals surface area contributed by atoms with Gasteiger partial charge in [-0.2, -0.15) is 0 Å². The molecule has 0 radical (unpaired) electrons. The van der Waals surface area contributed by atoms with E-state index in [1.807, 2.05) is 6.20 Å². The van der Waals surface area contributed by atoms with Gasteiger partial charge < -0.3 is 0 Å². The van der Waals surface area contributed by atoms with Crippen molar-refractivity contribution in [1.82, 2.24) is 18.7 Å². The summed E-state index contributed by atoms with van der Waals surface area (Å²) in [6.45, 7) is 16.0. The van der Waals surface area contributed by atoms with Gasteiger partial charge in [0.25, 0.3) is 0 Å². The van der Waals surface area contributed by atoms with E-state index in [1.165, 1.54) is 72.1 Å². The molecule has 0 N–H and O–H groups in total. The molecule has 0 unspecified atom stereocenters. The molecule has 0 bridgehead atoms. The number of aromatic nitrogens is 4. The summed E-state index contributed by atoms with van der Waals surface area (Å²) in [5.74, 6) is 2.35. The van der Waals surface area contributed by atoms with Crippen molar-refractivity contribution in [2.75, 3.05) is 0 Å². The van der Waals surface area contributed by atoms with Crippen molar-refractivity contribution >= 4 is 32.8 Å². The third-order valence-electron chi connectivity index (χ3n) is 17.3. The molecule has 3 heterocycles. The quantitative estimate of drug-likeness (QED) is 0.159. The minimum atomic E-state index is -0.474. The molecule has 0 atom stereocenters. The third kappa shape index (κ3) is 7.62. The van der Waals surface area contributed by atoms with Crippen LogP contribution in [0.3, 0.4) is 0 Å². The summed E-state index contributed by atoms with van der Waals surface area (Å²) in [6.07, 6.45) is 1.92. The maximum absolute atomic E-state index is 7.06. The Balaban J connectivity index is 0.888. The van der Waals surface area contributed by atoms with Crippen LogP contribution in [0.2, 0.25) is 0 Å². The summed E-state index contributed by atoms with van der Waals surface area (Å²) in [4.78, 5) is 5.08. The zero-order valence-electron chi connectivity index (χ0n) is 47.0. The number of para-hydroxylation sites is 3. The van der Waals surface area contributed by atoms with Crippen LogP contribution in [0.5, 0.6) is 11.5 Å². The van der Waals surface area contributed by atoms with Gasteiger partial charge in [0.15, 0.2) is 0 Å². The molecule has 13 aromatic rings. The normalized spacial score (nSPS) is 13.2. The van der Waals surface area contributed by atoms with Crippen LogP contribution in [0.4, 0.5) is 0 Å². The Kier molecular flexibility index (Phi) is 11.3. The summed E-state index contributed by atoms with van der Waals surface area (Å²) in [6, 6.07) is 85.0. The maximum atomic E-state index is 7.06. The number of hydrogen-bond acceptors (Lipinski definition) is 2. The van der Waals surface area contributed by atoms with Crippen LogP contribution in [0.15, 0.2) is 237 Å². The van der Waals surface area contributed by atoms with Crippen molar-refractivity contribution in [3.63, 3.8) is 0 Å². The monoisotopic (exact) mass is 1240 g/mol. The SMILES string of the molecule is Cc1ccnc(-n2c3cc(Oc4cccc(-n5[c](=[Pt])n(-c6c(-c7ccccc7)cccc6-c6cc(C(C)(C)C)cc(C(C)(C)C)c6)c6ccccc65)c4)ccc3c3cc4c(cc32)C2(c3ccccc3-c3ccccc32)c2ccccc2-4)c1. The molecule has 6 heteroatoms. The number of fused-ring (bicyclic) bond motifs is 14. The predicted molar refractivity (Wildman–Crippen MR) is 334 cm³/mol. The van der Waals surface area contributed by atoms with Crippen LogP contribution in [0, 0.1) is 10.7 Å². The van der Waals surface area contributed by atoms with E-state index in [0.717, 1.165) is 76.6 Å². The van der Waals surface area contributed by atoms with Crippen LogP contribution in [-0.4, -0.2) is 18.7 Å². The molecule has 0 saturated carbocycles. The minimum absolute atomic E-state index is 0.0469. The molecule has 0 amide bonds. The van der Waals surface area contributed by atoms with Gasteiger partial charge in [-0.1, -0.05) is 72.8 Å². The fourth-order valence-electron chi connectivity index (χ4n) is 13.4. The Hall–Kier alpha value is -8.89. The van der Waals surface area contributed by atoms with Gasteiger partial charge in [0.1, 0.15) is 0 Å². The van der Waals surface area contributed by atoms with Crippen LogP contribution < -0.4 is 4.74 Å². The molecule has 2 aliphatic carbocycles. The molecular weight excluding hydrogens is 1180 g/mol. The van der Waals surface area contributed by atoms with Gasteiger partial charge in [0, 0.05) is 6.20 Å². The van der Waals surface area contributed by atoms with E-state index in [2.05, 4.69) is 312 Å². The van der Waals surface area contributed by atoms with Crippen molar-refractivity contribution in [3.05, 3.63) is 279 Å². The Bertz CT molecular complexity index is 4770. The number of ether oxygens (including phenoxy) is 1. The van der Waals surface area contributed by atoms with E-state index in [0.29, 0.717) is 0 Å². The Morgan fingerprint density at radius 1 is 0.402 bits per heavy atom. The van der Waals surface area contributed by atoms with Gasteiger partial charge >= 0.3 is 346 Å². The molecule has 400 valence electrons. The van der Waals surface area contributed by atoms with E-state index in [-0.39, 0.29) is 10.8 Å². The first kappa shape index (κ1) is 50.1. The van der Waals surface area contributed by atoms with E-state index in [9.17, 15) is 0 Å². The standard InChI is InChI=1S/C76H60N4O.Pt/c1-48-37-38-77-72(39-48)80-70-44-55(35-36-61(70)63-45-62-60-27-13-16-32-66(60)76(67(62)46-71(63)80)64-30-14-11-25-58(64)59-26-12-15-31-65(59)76)81-54-24-19-23-53(43-54)78-47-79(69-34-18-17-33-68(69)78)73-56(49-21-9-8-10-22-49)28-20-29-57(73)50-40-51(74(2,3)4)42-52(41-50)75(5,6)7;/h8-46H,1-7H3;. The molecule has 82 heavy (non-hydrogen) atoms. The van der Waals surface area contributed by atoms with Crippen LogP contribution in [0.25, 0.3) is 94.5 Å². The number of imidazole rings is 1. The van der Waals surface area contributed by atoms with Gasteiger partial charge in [-0.05, 0) is 63.1 Å². The Morgan fingerprint density at radius 3 is 1.60 bits per heavy atom. The minimum Gasteiger partial charge on any atom is -0.0619 e. The second kappa shape index (κ2) is 18.6. The molecule has 1 spiro atoms. The first-order valence-electron chi connectivity index (χ1n) is 28.4. The van der Waals surface area contributed by atoms with Crippen molar-refractivity contribution < 1.29 is 24.1 Å². The first-order chi connectivity index (χ1) is 39.8. The number of pyridine rings is 1. The van der Waals surface area contributed by atoms with Gasteiger partial charge in [0.05, 0.1) is 5.41 Å². The van der Waals surface area contributed by atoms with E-state index >= 15 is 0 Å². The van der Waals surface area contributed by atoms with Crippen LogP contribution in [0.1, 0.15) is 80.5 Å². The van der Waals surface area contributed by atoms with Crippen LogP contribution >= 0.6 is 0 Å². The number of hydrogen-bond donors (Lipinski definition) is 0. The number of nitrogens with zero attached hydrogens (tertiary/aromatic N) is 4. The zero-order chi connectivity index (χ0) is 55.8. The molecule has 2 aliphatic rings. The number of aryl methyl sites for hydroxylation is 1. The predicted octanol–water partition coefficient (Wildman–Crippen LogP) is 19.4. The molecule has 0 aliphatic heterocycles.